The zero-order chi connectivity index (χ0) is 21.9. The molecule has 0 fully saturated rings. The zero-order valence-electron chi connectivity index (χ0n) is 20.1. The van der Waals surface area contributed by atoms with Gasteiger partial charge in [0.2, 0.25) is 0 Å². The van der Waals surface area contributed by atoms with E-state index in [2.05, 4.69) is 106 Å². The molecule has 0 atom stereocenters. The largest absolute Gasteiger partial charge is 0.317 e. The van der Waals surface area contributed by atoms with E-state index in [9.17, 15) is 5.16 Å². The van der Waals surface area contributed by atoms with Crippen molar-refractivity contribution in [3.05, 3.63) is 58.7 Å². The first kappa shape index (κ1) is 22.4. The summed E-state index contributed by atoms with van der Waals surface area (Å²) in [6.45, 7) is 22.8. The highest BCUT2D eigenvalue weighted by Gasteiger charge is 2.43. The third-order valence-electron chi connectivity index (χ3n) is 6.85. The average molecular weight is 410 g/mol. The lowest BCUT2D eigenvalue weighted by molar-refractivity contribution is 0.589. The summed E-state index contributed by atoms with van der Waals surface area (Å²) in [5, 5.41) is 9.85. The SMILES string of the molecule is CC(C)P(=N)(C(C)C)C1c2cc(C(C)(C)C)ccc2-c2ccc(C(C)(C)C)cc21. The van der Waals surface area contributed by atoms with Gasteiger partial charge in [-0.25, -0.2) is 0 Å². The molecule has 0 saturated heterocycles. The first-order valence-electron chi connectivity index (χ1n) is 11.1. The van der Waals surface area contributed by atoms with Crippen LogP contribution in [0.3, 0.4) is 0 Å². The van der Waals surface area contributed by atoms with Crippen molar-refractivity contribution < 1.29 is 0 Å². The number of fused-ring (bicyclic) bond motifs is 3. The minimum atomic E-state index is -2.02. The Balaban J connectivity index is 2.36. The van der Waals surface area contributed by atoms with Gasteiger partial charge in [-0.05, 0) is 62.6 Å². The molecule has 0 radical (unpaired) electrons. The van der Waals surface area contributed by atoms with Gasteiger partial charge in [0.15, 0.2) is 0 Å². The summed E-state index contributed by atoms with van der Waals surface area (Å²) >= 11 is 0. The van der Waals surface area contributed by atoms with Gasteiger partial charge in [0.25, 0.3) is 0 Å². The lowest BCUT2D eigenvalue weighted by Gasteiger charge is -2.38. The molecule has 0 amide bonds. The Morgan fingerprint density at radius 2 is 1.03 bits per heavy atom. The van der Waals surface area contributed by atoms with Crippen molar-refractivity contribution in [2.45, 2.75) is 97.0 Å². The van der Waals surface area contributed by atoms with E-state index in [1.54, 1.807) is 0 Å². The van der Waals surface area contributed by atoms with Crippen LogP contribution in [0.25, 0.3) is 11.1 Å². The number of nitrogens with one attached hydrogen (secondary N) is 1. The fourth-order valence-corrected chi connectivity index (χ4v) is 8.55. The van der Waals surface area contributed by atoms with Gasteiger partial charge in [-0.3, -0.25) is 0 Å². The molecular formula is C27H40NP. The van der Waals surface area contributed by atoms with Gasteiger partial charge in [-0.2, -0.15) is 0 Å². The average Bonchev–Trinajstić information content (AvgIpc) is 2.92. The van der Waals surface area contributed by atoms with Crippen molar-refractivity contribution in [3.63, 3.8) is 0 Å². The van der Waals surface area contributed by atoms with Crippen LogP contribution in [0.5, 0.6) is 0 Å². The molecule has 0 spiro atoms. The second-order valence-electron chi connectivity index (χ2n) is 11.5. The fraction of sp³-hybridized carbons (Fsp3) is 0.556. The Kier molecular flexibility index (Phi) is 5.49. The predicted octanol–water partition coefficient (Wildman–Crippen LogP) is 8.95. The topological polar surface area (TPSA) is 23.9 Å². The molecule has 1 aliphatic rings. The van der Waals surface area contributed by atoms with Crippen LogP contribution in [0.2, 0.25) is 0 Å². The summed E-state index contributed by atoms with van der Waals surface area (Å²) in [6.07, 6.45) is 0. The molecule has 0 heterocycles. The van der Waals surface area contributed by atoms with E-state index < -0.39 is 7.05 Å². The molecule has 2 aromatic carbocycles. The first-order valence-corrected chi connectivity index (χ1v) is 13.1. The predicted molar refractivity (Wildman–Crippen MR) is 131 cm³/mol. The van der Waals surface area contributed by atoms with Crippen molar-refractivity contribution in [1.82, 2.24) is 0 Å². The Labute approximate surface area is 179 Å². The van der Waals surface area contributed by atoms with Gasteiger partial charge >= 0.3 is 0 Å². The van der Waals surface area contributed by atoms with Gasteiger partial charge < -0.3 is 5.16 Å². The van der Waals surface area contributed by atoms with Gasteiger partial charge in [-0.1, -0.05) is 106 Å². The van der Waals surface area contributed by atoms with Crippen molar-refractivity contribution in [2.24, 2.45) is 0 Å². The fourth-order valence-electron chi connectivity index (χ4n) is 4.82. The Morgan fingerprint density at radius 1 is 0.690 bits per heavy atom. The lowest BCUT2D eigenvalue weighted by atomic mass is 9.85. The second kappa shape index (κ2) is 7.12. The van der Waals surface area contributed by atoms with Crippen molar-refractivity contribution >= 4 is 7.05 Å². The Morgan fingerprint density at radius 3 is 1.31 bits per heavy atom. The Bertz CT molecular complexity index is 892. The molecule has 0 unspecified atom stereocenters. The molecule has 1 nitrogen and oxygen atoms in total. The summed E-state index contributed by atoms with van der Waals surface area (Å²) < 4.78 is 0. The van der Waals surface area contributed by atoms with Gasteiger partial charge in [0.1, 0.15) is 0 Å². The van der Waals surface area contributed by atoms with E-state index in [-0.39, 0.29) is 16.5 Å². The van der Waals surface area contributed by atoms with Crippen LogP contribution in [0.15, 0.2) is 36.4 Å². The highest BCUT2D eigenvalue weighted by molar-refractivity contribution is 7.67. The minimum absolute atomic E-state index is 0.115. The van der Waals surface area contributed by atoms with Gasteiger partial charge in [0, 0.05) is 5.66 Å². The highest BCUT2D eigenvalue weighted by Crippen LogP contribution is 2.72. The summed E-state index contributed by atoms with van der Waals surface area (Å²) in [5.74, 6) is 0. The van der Waals surface area contributed by atoms with Crippen LogP contribution in [-0.2, 0) is 10.8 Å². The van der Waals surface area contributed by atoms with Crippen LogP contribution in [-0.4, -0.2) is 11.3 Å². The maximum atomic E-state index is 9.85. The number of hydrogen-bond donors (Lipinski definition) is 1. The van der Waals surface area contributed by atoms with Crippen LogP contribution >= 0.6 is 7.05 Å². The van der Waals surface area contributed by atoms with Crippen LogP contribution in [0.1, 0.15) is 97.2 Å². The van der Waals surface area contributed by atoms with E-state index in [1.807, 2.05) is 0 Å². The molecule has 0 bridgehead atoms. The molecule has 0 aliphatic heterocycles. The lowest BCUT2D eigenvalue weighted by Crippen LogP contribution is -2.17. The van der Waals surface area contributed by atoms with E-state index in [1.165, 1.54) is 33.4 Å². The van der Waals surface area contributed by atoms with E-state index in [0.717, 1.165) is 0 Å². The van der Waals surface area contributed by atoms with Crippen molar-refractivity contribution in [2.75, 3.05) is 0 Å². The van der Waals surface area contributed by atoms with E-state index >= 15 is 0 Å². The quantitative estimate of drug-likeness (QED) is 0.489. The van der Waals surface area contributed by atoms with E-state index in [4.69, 9.17) is 0 Å². The van der Waals surface area contributed by atoms with Gasteiger partial charge in [-0.15, -0.1) is 0 Å². The normalized spacial score (nSPS) is 15.2. The number of hydrogen-bond acceptors (Lipinski definition) is 1. The van der Waals surface area contributed by atoms with Crippen LogP contribution in [0.4, 0.5) is 0 Å². The summed E-state index contributed by atoms with van der Waals surface area (Å²) in [6, 6.07) is 14.1. The molecule has 29 heavy (non-hydrogen) atoms. The molecule has 158 valence electrons. The zero-order valence-corrected chi connectivity index (χ0v) is 21.0. The second-order valence-corrected chi connectivity index (χ2v) is 15.8. The van der Waals surface area contributed by atoms with E-state index in [0.29, 0.717) is 11.3 Å². The molecule has 2 heteroatoms. The molecule has 1 N–H and O–H groups in total. The monoisotopic (exact) mass is 409 g/mol. The summed E-state index contributed by atoms with van der Waals surface area (Å²) in [5.41, 5.74) is 9.49. The maximum Gasteiger partial charge on any atom is 0.0454 e. The molecular weight excluding hydrogens is 369 g/mol. The molecule has 0 saturated carbocycles. The smallest absolute Gasteiger partial charge is 0.0454 e. The molecule has 0 aromatic heterocycles. The number of benzene rings is 2. The minimum Gasteiger partial charge on any atom is -0.317 e. The van der Waals surface area contributed by atoms with Gasteiger partial charge in [0.05, 0.1) is 0 Å². The molecule has 2 aromatic rings. The summed E-state index contributed by atoms with van der Waals surface area (Å²) in [7, 11) is -2.02. The van der Waals surface area contributed by atoms with Crippen molar-refractivity contribution in [3.8, 4) is 11.1 Å². The third-order valence-corrected chi connectivity index (χ3v) is 11.7. The van der Waals surface area contributed by atoms with Crippen LogP contribution < -0.4 is 0 Å². The Hall–Kier alpha value is -1.33. The summed E-state index contributed by atoms with van der Waals surface area (Å²) in [4.78, 5) is 0. The number of rotatable bonds is 3. The first-order chi connectivity index (χ1) is 13.2. The molecule has 3 rings (SSSR count). The third kappa shape index (κ3) is 3.65. The standard InChI is InChI=1S/C27H40NP/c1-17(2)29(28,18(3)4)25-23-15-19(26(5,6)7)11-13-21(23)22-14-12-20(16-24(22)25)27(8,9)10/h11-18,25,28H,1-10H3. The highest BCUT2D eigenvalue weighted by atomic mass is 31.2. The maximum absolute atomic E-state index is 9.85. The van der Waals surface area contributed by atoms with Crippen molar-refractivity contribution in [1.29, 1.82) is 5.16 Å². The molecule has 1 aliphatic carbocycles. The van der Waals surface area contributed by atoms with Crippen LogP contribution in [0, 0.1) is 5.16 Å².